The van der Waals surface area contributed by atoms with Crippen molar-refractivity contribution in [2.75, 3.05) is 16.8 Å². The van der Waals surface area contributed by atoms with Crippen LogP contribution in [0.25, 0.3) is 0 Å². The van der Waals surface area contributed by atoms with Crippen molar-refractivity contribution in [2.45, 2.75) is 22.4 Å². The Morgan fingerprint density at radius 1 is 0.952 bits per heavy atom. The summed E-state index contributed by atoms with van der Waals surface area (Å²) in [7, 11) is 0. The minimum atomic E-state index is -4.79. The molecule has 2 aliphatic rings. The molecule has 4 aromatic rings. The number of halogens is 3. The molecule has 0 unspecified atom stereocenters. The highest BCUT2D eigenvalue weighted by Crippen LogP contribution is 2.54. The normalized spacial score (nSPS) is 19.8. The maximum absolute atomic E-state index is 13.9. The van der Waals surface area contributed by atoms with Crippen molar-refractivity contribution >= 4 is 52.2 Å². The third kappa shape index (κ3) is 5.09. The predicted molar refractivity (Wildman–Crippen MR) is 151 cm³/mol. The highest BCUT2D eigenvalue weighted by molar-refractivity contribution is 8.00. The number of imide groups is 1. The van der Waals surface area contributed by atoms with Gasteiger partial charge in [-0.2, -0.15) is 13.2 Å². The van der Waals surface area contributed by atoms with E-state index in [9.17, 15) is 32.3 Å². The van der Waals surface area contributed by atoms with Gasteiger partial charge in [-0.25, -0.2) is 4.90 Å². The van der Waals surface area contributed by atoms with E-state index in [0.29, 0.717) is 31.8 Å². The Kier molecular flexibility index (Phi) is 7.15. The third-order valence-electron chi connectivity index (χ3n) is 6.92. The van der Waals surface area contributed by atoms with Gasteiger partial charge in [-0.05, 0) is 42.0 Å². The van der Waals surface area contributed by atoms with Crippen molar-refractivity contribution < 1.29 is 32.3 Å². The molecule has 214 valence electrons. The topological polar surface area (TPSA) is 109 Å². The number of H-pyrrole nitrogens is 1. The number of ether oxygens (including phenoxy) is 1. The van der Waals surface area contributed by atoms with Crippen LogP contribution in [-0.4, -0.2) is 34.6 Å². The van der Waals surface area contributed by atoms with Gasteiger partial charge in [0.05, 0.1) is 22.2 Å². The van der Waals surface area contributed by atoms with Crippen molar-refractivity contribution in [3.8, 4) is 5.75 Å². The number of rotatable bonds is 6. The van der Waals surface area contributed by atoms with Gasteiger partial charge in [-0.3, -0.25) is 19.2 Å². The van der Waals surface area contributed by atoms with Crippen molar-refractivity contribution in [1.29, 1.82) is 0 Å². The Bertz CT molecular complexity index is 1750. The number of fused-ring (bicyclic) bond motifs is 2. The summed E-state index contributed by atoms with van der Waals surface area (Å²) in [5.41, 5.74) is -0.525. The monoisotopic (exact) mass is 611 g/mol. The molecule has 0 radical (unpaired) electrons. The van der Waals surface area contributed by atoms with E-state index < -0.39 is 52.2 Å². The summed E-state index contributed by atoms with van der Waals surface area (Å²) in [6.07, 6.45) is -4.79. The van der Waals surface area contributed by atoms with Gasteiger partial charge in [-0.1, -0.05) is 65.6 Å². The molecule has 42 heavy (non-hydrogen) atoms. The fourth-order valence-corrected chi connectivity index (χ4v) is 7.70. The molecule has 0 saturated carbocycles. The van der Waals surface area contributed by atoms with Gasteiger partial charge < -0.3 is 15.0 Å². The van der Waals surface area contributed by atoms with Gasteiger partial charge in [0.15, 0.2) is 6.61 Å². The lowest BCUT2D eigenvalue weighted by Gasteiger charge is -2.30. The molecule has 2 N–H and O–H groups in total. The number of anilines is 2. The number of carbonyl (C=O) groups excluding carboxylic acids is 3. The summed E-state index contributed by atoms with van der Waals surface area (Å²) in [6.45, 7) is -0.312. The number of carbonyl (C=O) groups is 3. The standard InChI is InChI=1S/C29H20F3N3O5S2/c30-29(31,32)18-11-4-5-12-19(18)35-26(37)22-21(23-25(34-28(39)42-23)41-24(22)27(35)38)15-7-6-10-17(13-15)40-14-20(36)33-16-8-2-1-3-9-16/h1-13,21-22,24H,14H2,(H,33,36)(H,34,39)/t21-,22-,24+/m0/s1. The Hall–Kier alpha value is -4.36. The molecule has 3 atom stereocenters. The smallest absolute Gasteiger partial charge is 0.418 e. The van der Waals surface area contributed by atoms with E-state index in [1.807, 2.05) is 6.07 Å². The Labute approximate surface area is 244 Å². The van der Waals surface area contributed by atoms with E-state index in [-0.39, 0.29) is 11.5 Å². The predicted octanol–water partition coefficient (Wildman–Crippen LogP) is 5.27. The van der Waals surface area contributed by atoms with E-state index >= 15 is 0 Å². The highest BCUT2D eigenvalue weighted by Gasteiger charge is 2.57. The number of aromatic nitrogens is 1. The molecule has 1 fully saturated rings. The number of thiazole rings is 1. The average Bonchev–Trinajstić information content (AvgIpc) is 3.46. The van der Waals surface area contributed by atoms with E-state index in [1.54, 1.807) is 48.5 Å². The molecule has 13 heteroatoms. The number of amides is 3. The second-order valence-electron chi connectivity index (χ2n) is 9.55. The minimum Gasteiger partial charge on any atom is -0.484 e. The van der Waals surface area contributed by atoms with Crippen molar-refractivity contribution in [1.82, 2.24) is 4.98 Å². The highest BCUT2D eigenvalue weighted by atomic mass is 32.2. The Balaban J connectivity index is 1.33. The molecule has 3 aromatic carbocycles. The lowest BCUT2D eigenvalue weighted by Crippen LogP contribution is -2.33. The van der Waals surface area contributed by atoms with E-state index in [2.05, 4.69) is 10.3 Å². The first kappa shape index (κ1) is 27.8. The van der Waals surface area contributed by atoms with Gasteiger partial charge in [-0.15, -0.1) is 0 Å². The molecule has 1 aromatic heterocycles. The van der Waals surface area contributed by atoms with Crippen molar-refractivity contribution in [3.63, 3.8) is 0 Å². The second-order valence-corrected chi connectivity index (χ2v) is 11.7. The van der Waals surface area contributed by atoms with Gasteiger partial charge in [0.25, 0.3) is 5.91 Å². The molecule has 0 spiro atoms. The zero-order valence-corrected chi connectivity index (χ0v) is 23.0. The van der Waals surface area contributed by atoms with Gasteiger partial charge in [0.1, 0.15) is 11.0 Å². The maximum Gasteiger partial charge on any atom is 0.418 e. The molecular formula is C29H20F3N3O5S2. The molecule has 2 aliphatic heterocycles. The lowest BCUT2D eigenvalue weighted by molar-refractivity contribution is -0.137. The quantitative estimate of drug-likeness (QED) is 0.288. The van der Waals surface area contributed by atoms with E-state index in [1.165, 1.54) is 12.1 Å². The van der Waals surface area contributed by atoms with Gasteiger partial charge in [0, 0.05) is 16.5 Å². The number of nitrogens with one attached hydrogen (secondary N) is 2. The van der Waals surface area contributed by atoms with Gasteiger partial charge in [0.2, 0.25) is 11.8 Å². The molecule has 8 nitrogen and oxygen atoms in total. The Morgan fingerprint density at radius 3 is 2.45 bits per heavy atom. The fourth-order valence-electron chi connectivity index (χ4n) is 5.19. The van der Waals surface area contributed by atoms with Crippen LogP contribution in [0.2, 0.25) is 0 Å². The average molecular weight is 612 g/mol. The number of aromatic amines is 1. The lowest BCUT2D eigenvalue weighted by atomic mass is 9.83. The summed E-state index contributed by atoms with van der Waals surface area (Å²) in [6, 6.07) is 19.8. The summed E-state index contributed by atoms with van der Waals surface area (Å²) in [4.78, 5) is 55.6. The molecular weight excluding hydrogens is 591 g/mol. The van der Waals surface area contributed by atoms with Crippen molar-refractivity contribution in [2.24, 2.45) is 5.92 Å². The van der Waals surface area contributed by atoms with Crippen LogP contribution in [0.15, 0.2) is 88.7 Å². The third-order valence-corrected chi connectivity index (χ3v) is 9.32. The van der Waals surface area contributed by atoms with Crippen LogP contribution in [0.5, 0.6) is 5.75 Å². The molecule has 6 rings (SSSR count). The molecule has 3 amide bonds. The zero-order chi connectivity index (χ0) is 29.6. The summed E-state index contributed by atoms with van der Waals surface area (Å²) in [5.74, 6) is -3.59. The first-order chi connectivity index (χ1) is 20.1. The van der Waals surface area contributed by atoms with Crippen LogP contribution >= 0.6 is 23.1 Å². The molecule has 3 heterocycles. The minimum absolute atomic E-state index is 0.297. The van der Waals surface area contributed by atoms with Crippen LogP contribution in [-0.2, 0) is 20.6 Å². The number of alkyl halides is 3. The van der Waals surface area contributed by atoms with Crippen LogP contribution in [0.4, 0.5) is 24.5 Å². The molecule has 0 aliphatic carbocycles. The number of para-hydroxylation sites is 2. The van der Waals surface area contributed by atoms with Crippen molar-refractivity contribution in [3.05, 3.63) is 105 Å². The molecule has 0 bridgehead atoms. The van der Waals surface area contributed by atoms with Crippen LogP contribution in [0.1, 0.15) is 21.9 Å². The first-order valence-corrected chi connectivity index (χ1v) is 14.3. The summed E-state index contributed by atoms with van der Waals surface area (Å²) >= 11 is 1.84. The summed E-state index contributed by atoms with van der Waals surface area (Å²) in [5, 5.41) is 2.03. The van der Waals surface area contributed by atoms with E-state index in [0.717, 1.165) is 35.2 Å². The number of hydrogen-bond donors (Lipinski definition) is 2. The van der Waals surface area contributed by atoms with Crippen LogP contribution in [0, 0.1) is 5.92 Å². The maximum atomic E-state index is 13.9. The largest absolute Gasteiger partial charge is 0.484 e. The first-order valence-electron chi connectivity index (χ1n) is 12.6. The second kappa shape index (κ2) is 10.8. The number of hydrogen-bond acceptors (Lipinski definition) is 7. The molecule has 1 saturated heterocycles. The van der Waals surface area contributed by atoms with E-state index in [4.69, 9.17) is 4.74 Å². The Morgan fingerprint density at radius 2 is 1.69 bits per heavy atom. The fraction of sp³-hybridized carbons (Fsp3) is 0.172. The van der Waals surface area contributed by atoms with Crippen LogP contribution in [0.3, 0.4) is 0 Å². The SMILES string of the molecule is O=C(COc1cccc([C@@H]2c3sc(=O)[nH]c3S[C@H]3C(=O)N(c4ccccc4C(F)(F)F)C(=O)[C@@H]23)c1)Nc1ccccc1. The zero-order valence-electron chi connectivity index (χ0n) is 21.4. The van der Waals surface area contributed by atoms with Gasteiger partial charge >= 0.3 is 11.0 Å². The van der Waals surface area contributed by atoms with Crippen LogP contribution < -0.4 is 19.8 Å². The summed E-state index contributed by atoms with van der Waals surface area (Å²) < 4.78 is 47.2. The number of benzene rings is 3. The number of nitrogens with zero attached hydrogens (tertiary/aromatic N) is 1. The number of thioether (sulfide) groups is 1.